The summed E-state index contributed by atoms with van der Waals surface area (Å²) in [5.41, 5.74) is 4.28. The van der Waals surface area contributed by atoms with Crippen LogP contribution >= 0.6 is 24.0 Å². The van der Waals surface area contributed by atoms with E-state index in [4.69, 9.17) is 12.2 Å². The third-order valence-electron chi connectivity index (χ3n) is 3.75. The van der Waals surface area contributed by atoms with E-state index in [9.17, 15) is 0 Å². The molecule has 26 heavy (non-hydrogen) atoms. The van der Waals surface area contributed by atoms with Crippen molar-refractivity contribution in [1.29, 1.82) is 0 Å². The molecule has 2 aromatic carbocycles. The number of nitrogens with one attached hydrogen (secondary N) is 1. The van der Waals surface area contributed by atoms with Crippen LogP contribution < -0.4 is 0 Å². The van der Waals surface area contributed by atoms with Crippen molar-refractivity contribution in [3.05, 3.63) is 66.7 Å². The lowest BCUT2D eigenvalue weighted by Crippen LogP contribution is -2.05. The summed E-state index contributed by atoms with van der Waals surface area (Å²) in [6, 6.07) is 16.4. The van der Waals surface area contributed by atoms with E-state index >= 15 is 0 Å². The van der Waals surface area contributed by atoms with Crippen LogP contribution in [0.15, 0.2) is 61.2 Å². The molecular formula is C17H13N7S2. The van der Waals surface area contributed by atoms with Gasteiger partial charge in [-0.25, -0.2) is 9.67 Å². The molecule has 0 saturated carbocycles. The lowest BCUT2D eigenvalue weighted by molar-refractivity contribution is 0.881. The minimum Gasteiger partial charge on any atom is -0.223 e. The Hall–Kier alpha value is -2.91. The number of aromatic nitrogens is 7. The Morgan fingerprint density at radius 1 is 1.08 bits per heavy atom. The highest BCUT2D eigenvalue weighted by molar-refractivity contribution is 8.22. The van der Waals surface area contributed by atoms with Gasteiger partial charge in [0.05, 0.1) is 0 Å². The van der Waals surface area contributed by atoms with E-state index in [2.05, 4.69) is 61.0 Å². The highest BCUT2D eigenvalue weighted by Crippen LogP contribution is 2.30. The number of hydrogen-bond acceptors (Lipinski definition) is 7. The van der Waals surface area contributed by atoms with E-state index in [-0.39, 0.29) is 0 Å². The lowest BCUT2D eigenvalue weighted by Gasteiger charge is -2.08. The number of benzene rings is 2. The van der Waals surface area contributed by atoms with Gasteiger partial charge in [-0.1, -0.05) is 72.5 Å². The molecule has 0 fully saturated rings. The van der Waals surface area contributed by atoms with Crippen molar-refractivity contribution >= 4 is 28.3 Å². The quantitative estimate of drug-likeness (QED) is 0.545. The van der Waals surface area contributed by atoms with Gasteiger partial charge < -0.3 is 0 Å². The van der Waals surface area contributed by atoms with Crippen molar-refractivity contribution in [1.82, 2.24) is 35.4 Å². The summed E-state index contributed by atoms with van der Waals surface area (Å²) in [6.45, 7) is 0. The Kier molecular flexibility index (Phi) is 4.80. The zero-order chi connectivity index (χ0) is 17.8. The normalized spacial score (nSPS) is 10.8. The van der Waals surface area contributed by atoms with E-state index in [1.54, 1.807) is 22.8 Å². The van der Waals surface area contributed by atoms with Gasteiger partial charge in [-0.2, -0.15) is 10.3 Å². The molecule has 0 saturated heterocycles. The average molecular weight is 379 g/mol. The summed E-state index contributed by atoms with van der Waals surface area (Å²) in [6.07, 6.45) is 3.08. The predicted octanol–water partition coefficient (Wildman–Crippen LogP) is 3.19. The molecule has 0 aliphatic heterocycles. The minimum absolute atomic E-state index is 0.582. The van der Waals surface area contributed by atoms with Gasteiger partial charge in [-0.15, -0.1) is 10.2 Å². The standard InChI is InChI=1S/C17H13N7S2/c25-17(24-11-18-10-19-24)26-9-12-5-7-13(8-6-12)14-3-1-2-4-15(14)16-20-22-23-21-16/h1-8,10-11H,9H2,(H,20,21,22,23). The third kappa shape index (κ3) is 3.53. The van der Waals surface area contributed by atoms with Crippen LogP contribution in [0.25, 0.3) is 22.5 Å². The summed E-state index contributed by atoms with van der Waals surface area (Å²) in [5, 5.41) is 18.4. The molecule has 0 aliphatic rings. The molecule has 0 amide bonds. The van der Waals surface area contributed by atoms with E-state index in [1.807, 2.05) is 18.2 Å². The summed E-state index contributed by atoms with van der Waals surface area (Å²) >= 11 is 6.89. The molecule has 4 aromatic rings. The van der Waals surface area contributed by atoms with E-state index < -0.39 is 0 Å². The molecule has 0 unspecified atom stereocenters. The first-order valence-corrected chi connectivity index (χ1v) is 9.14. The summed E-state index contributed by atoms with van der Waals surface area (Å²) in [5.74, 6) is 1.35. The third-order valence-corrected chi connectivity index (χ3v) is 5.20. The SMILES string of the molecule is S=C(SCc1ccc(-c2ccccc2-c2nn[nH]n2)cc1)n1cncn1. The molecule has 2 aromatic heterocycles. The van der Waals surface area contributed by atoms with Crippen molar-refractivity contribution in [2.24, 2.45) is 0 Å². The van der Waals surface area contributed by atoms with E-state index in [0.29, 0.717) is 10.1 Å². The largest absolute Gasteiger partial charge is 0.223 e. The highest BCUT2D eigenvalue weighted by atomic mass is 32.2. The van der Waals surface area contributed by atoms with Gasteiger partial charge in [0.15, 0.2) is 4.32 Å². The second-order valence-corrected chi connectivity index (χ2v) is 6.98. The molecule has 4 rings (SSSR count). The van der Waals surface area contributed by atoms with Crippen molar-refractivity contribution < 1.29 is 0 Å². The molecule has 0 radical (unpaired) electrons. The maximum absolute atomic E-state index is 5.34. The minimum atomic E-state index is 0.582. The van der Waals surface area contributed by atoms with Crippen LogP contribution in [0.4, 0.5) is 0 Å². The zero-order valence-electron chi connectivity index (χ0n) is 13.5. The molecule has 0 bridgehead atoms. The molecule has 0 spiro atoms. The Balaban J connectivity index is 1.51. The van der Waals surface area contributed by atoms with Crippen molar-refractivity contribution in [3.8, 4) is 22.5 Å². The number of thioether (sulfide) groups is 1. The Morgan fingerprint density at radius 3 is 2.58 bits per heavy atom. The number of tetrazole rings is 1. The molecule has 7 nitrogen and oxygen atoms in total. The average Bonchev–Trinajstić information content (AvgIpc) is 3.40. The summed E-state index contributed by atoms with van der Waals surface area (Å²) in [4.78, 5) is 3.91. The second-order valence-electron chi connectivity index (χ2n) is 5.37. The number of H-pyrrole nitrogens is 1. The van der Waals surface area contributed by atoms with E-state index in [0.717, 1.165) is 22.4 Å². The Morgan fingerprint density at radius 2 is 1.88 bits per heavy atom. The first-order valence-electron chi connectivity index (χ1n) is 7.75. The van der Waals surface area contributed by atoms with Gasteiger partial charge >= 0.3 is 0 Å². The van der Waals surface area contributed by atoms with Crippen LogP contribution in [-0.4, -0.2) is 39.7 Å². The summed E-state index contributed by atoms with van der Waals surface area (Å²) in [7, 11) is 0. The number of thiocarbonyl (C=S) groups is 1. The molecular weight excluding hydrogens is 366 g/mol. The zero-order valence-corrected chi connectivity index (χ0v) is 15.1. The molecule has 128 valence electrons. The fraction of sp³-hybridized carbons (Fsp3) is 0.0588. The number of aromatic amines is 1. The second kappa shape index (κ2) is 7.54. The molecule has 1 N–H and O–H groups in total. The van der Waals surface area contributed by atoms with Crippen LogP contribution in [0, 0.1) is 0 Å². The van der Waals surface area contributed by atoms with Crippen molar-refractivity contribution in [2.45, 2.75) is 5.75 Å². The lowest BCUT2D eigenvalue weighted by atomic mass is 9.98. The maximum atomic E-state index is 5.34. The van der Waals surface area contributed by atoms with Crippen molar-refractivity contribution in [3.63, 3.8) is 0 Å². The topological polar surface area (TPSA) is 85.2 Å². The van der Waals surface area contributed by atoms with E-state index in [1.165, 1.54) is 11.9 Å². The number of nitrogens with zero attached hydrogens (tertiary/aromatic N) is 6. The monoisotopic (exact) mass is 379 g/mol. The Labute approximate surface area is 158 Å². The first-order chi connectivity index (χ1) is 12.8. The van der Waals surface area contributed by atoms with Gasteiger partial charge in [-0.05, 0) is 21.9 Å². The van der Waals surface area contributed by atoms with Gasteiger partial charge in [-0.3, -0.25) is 0 Å². The van der Waals surface area contributed by atoms with Crippen molar-refractivity contribution in [2.75, 3.05) is 0 Å². The van der Waals surface area contributed by atoms with Gasteiger partial charge in [0, 0.05) is 11.3 Å². The van der Waals surface area contributed by atoms with Crippen LogP contribution in [0.1, 0.15) is 5.56 Å². The van der Waals surface area contributed by atoms with Gasteiger partial charge in [0.1, 0.15) is 12.7 Å². The van der Waals surface area contributed by atoms with Gasteiger partial charge in [0.25, 0.3) is 0 Å². The smallest absolute Gasteiger partial charge is 0.205 e. The van der Waals surface area contributed by atoms with Gasteiger partial charge in [0.2, 0.25) is 5.82 Å². The number of rotatable bonds is 4. The van der Waals surface area contributed by atoms with Crippen LogP contribution in [0.3, 0.4) is 0 Å². The predicted molar refractivity (Wildman–Crippen MR) is 104 cm³/mol. The van der Waals surface area contributed by atoms with Crippen LogP contribution in [0.2, 0.25) is 0 Å². The fourth-order valence-electron chi connectivity index (χ4n) is 2.50. The van der Waals surface area contributed by atoms with Crippen LogP contribution in [-0.2, 0) is 5.75 Å². The maximum Gasteiger partial charge on any atom is 0.205 e. The summed E-state index contributed by atoms with van der Waals surface area (Å²) < 4.78 is 2.27. The number of hydrogen-bond donors (Lipinski definition) is 1. The highest BCUT2D eigenvalue weighted by Gasteiger charge is 2.10. The molecule has 9 heteroatoms. The fourth-order valence-corrected chi connectivity index (χ4v) is 3.48. The first kappa shape index (κ1) is 16.6. The molecule has 0 aliphatic carbocycles. The Bertz CT molecular complexity index is 996. The molecule has 0 atom stereocenters. The van der Waals surface area contributed by atoms with Crippen LogP contribution in [0.5, 0.6) is 0 Å². The molecule has 2 heterocycles.